The van der Waals surface area contributed by atoms with Crippen LogP contribution in [0.2, 0.25) is 0 Å². The molecule has 1 N–H and O–H groups in total. The number of carbonyl (C=O) groups excluding carboxylic acids is 2. The maximum absolute atomic E-state index is 13.5. The third kappa shape index (κ3) is 3.50. The van der Waals surface area contributed by atoms with Gasteiger partial charge in [-0.2, -0.15) is 4.68 Å². The molecule has 0 fully saturated rings. The van der Waals surface area contributed by atoms with Gasteiger partial charge in [-0.05, 0) is 28.1 Å². The van der Waals surface area contributed by atoms with Crippen LogP contribution in [0.15, 0.2) is 59.8 Å². The molecule has 2 heterocycles. The second kappa shape index (κ2) is 7.74. The molecule has 0 bridgehead atoms. The standard InChI is InChI=1S/C19H13FN6O5/c1-31-18(28)15-14(17(27)11-3-2-4-13(9-11)26(29)30)16(10-5-7-12(20)8-6-10)25-19(21-15)22-23-24-25/h2-9,16H,1H3,(H,21,22,24)/t16-/m1/s1. The van der Waals surface area contributed by atoms with E-state index in [-0.39, 0.29) is 28.5 Å². The summed E-state index contributed by atoms with van der Waals surface area (Å²) in [5, 5.41) is 25.1. The number of allylic oxidation sites excluding steroid dienone is 1. The highest BCUT2D eigenvalue weighted by atomic mass is 19.1. The van der Waals surface area contributed by atoms with Crippen molar-refractivity contribution in [3.63, 3.8) is 0 Å². The number of aromatic nitrogens is 4. The summed E-state index contributed by atoms with van der Waals surface area (Å²) in [7, 11) is 1.14. The number of ether oxygens (including phenoxy) is 1. The first-order chi connectivity index (χ1) is 14.9. The molecule has 2 aromatic carbocycles. The molecular formula is C19H13FN6O5. The third-order valence-corrected chi connectivity index (χ3v) is 4.66. The molecule has 0 saturated heterocycles. The number of anilines is 1. The van der Waals surface area contributed by atoms with Crippen molar-refractivity contribution in [3.05, 3.63) is 86.9 Å². The smallest absolute Gasteiger partial charge is 0.355 e. The van der Waals surface area contributed by atoms with Crippen molar-refractivity contribution in [2.24, 2.45) is 0 Å². The van der Waals surface area contributed by atoms with E-state index in [1.165, 1.54) is 47.1 Å². The molecule has 1 aliphatic heterocycles. The van der Waals surface area contributed by atoms with Crippen molar-refractivity contribution in [1.82, 2.24) is 20.2 Å². The van der Waals surface area contributed by atoms with E-state index in [0.717, 1.165) is 13.2 Å². The largest absolute Gasteiger partial charge is 0.464 e. The van der Waals surface area contributed by atoms with Crippen LogP contribution in [-0.2, 0) is 9.53 Å². The van der Waals surface area contributed by atoms with E-state index in [1.807, 2.05) is 0 Å². The summed E-state index contributed by atoms with van der Waals surface area (Å²) in [5.41, 5.74) is -0.256. The molecule has 0 unspecified atom stereocenters. The lowest BCUT2D eigenvalue weighted by Crippen LogP contribution is -2.33. The third-order valence-electron chi connectivity index (χ3n) is 4.66. The van der Waals surface area contributed by atoms with Crippen LogP contribution in [-0.4, -0.2) is 44.0 Å². The summed E-state index contributed by atoms with van der Waals surface area (Å²) in [6.07, 6.45) is 0. The van der Waals surface area contributed by atoms with Crippen molar-refractivity contribution in [2.75, 3.05) is 12.4 Å². The van der Waals surface area contributed by atoms with Crippen LogP contribution in [0.4, 0.5) is 16.0 Å². The normalized spacial score (nSPS) is 15.1. The number of Topliss-reactive ketones (excluding diaryl/α,β-unsaturated/α-hetero) is 1. The Hall–Kier alpha value is -4.48. The number of halogens is 1. The first-order valence-corrected chi connectivity index (χ1v) is 8.82. The highest BCUT2D eigenvalue weighted by Gasteiger charge is 2.38. The van der Waals surface area contributed by atoms with Gasteiger partial charge in [0.1, 0.15) is 17.6 Å². The van der Waals surface area contributed by atoms with Gasteiger partial charge in [-0.15, -0.1) is 0 Å². The summed E-state index contributed by atoms with van der Waals surface area (Å²) in [6, 6.07) is 9.28. The average Bonchev–Trinajstić information content (AvgIpc) is 3.26. The predicted octanol–water partition coefficient (Wildman–Crippen LogP) is 2.05. The van der Waals surface area contributed by atoms with Crippen LogP contribution in [0.25, 0.3) is 0 Å². The Balaban J connectivity index is 1.94. The van der Waals surface area contributed by atoms with Gasteiger partial charge < -0.3 is 10.1 Å². The number of benzene rings is 2. The van der Waals surface area contributed by atoms with Gasteiger partial charge in [0, 0.05) is 17.7 Å². The summed E-state index contributed by atoms with van der Waals surface area (Å²) in [4.78, 5) is 36.5. The van der Waals surface area contributed by atoms with Crippen LogP contribution in [0.1, 0.15) is 22.0 Å². The fourth-order valence-electron chi connectivity index (χ4n) is 3.26. The van der Waals surface area contributed by atoms with Crippen molar-refractivity contribution in [1.29, 1.82) is 0 Å². The van der Waals surface area contributed by atoms with Crippen LogP contribution in [0, 0.1) is 15.9 Å². The van der Waals surface area contributed by atoms with Crippen molar-refractivity contribution in [2.45, 2.75) is 6.04 Å². The first-order valence-electron chi connectivity index (χ1n) is 8.82. The van der Waals surface area contributed by atoms with E-state index in [4.69, 9.17) is 4.74 Å². The minimum atomic E-state index is -1.02. The summed E-state index contributed by atoms with van der Waals surface area (Å²) >= 11 is 0. The number of carbonyl (C=O) groups is 2. The lowest BCUT2D eigenvalue weighted by molar-refractivity contribution is -0.384. The second-order valence-corrected chi connectivity index (χ2v) is 6.44. The Morgan fingerprint density at radius 1 is 1.23 bits per heavy atom. The van der Waals surface area contributed by atoms with E-state index < -0.39 is 28.5 Å². The van der Waals surface area contributed by atoms with Crippen molar-refractivity contribution < 1.29 is 23.6 Å². The summed E-state index contributed by atoms with van der Waals surface area (Å²) in [6.45, 7) is 0. The average molecular weight is 424 g/mol. The minimum absolute atomic E-state index is 0.0314. The SMILES string of the molecule is COC(=O)C1=C(C(=O)c2cccc([N+](=O)[O-])c2)[C@@H](c2ccc(F)cc2)n2nnnc2N1. The number of hydrogen-bond acceptors (Lipinski definition) is 9. The maximum Gasteiger partial charge on any atom is 0.355 e. The van der Waals surface area contributed by atoms with Crippen LogP contribution >= 0.6 is 0 Å². The van der Waals surface area contributed by atoms with E-state index in [9.17, 15) is 24.1 Å². The number of ketones is 1. The van der Waals surface area contributed by atoms with Crippen molar-refractivity contribution >= 4 is 23.4 Å². The number of rotatable bonds is 5. The molecule has 1 atom stereocenters. The first kappa shape index (κ1) is 19.8. The van der Waals surface area contributed by atoms with Gasteiger partial charge in [0.2, 0.25) is 5.95 Å². The lowest BCUT2D eigenvalue weighted by Gasteiger charge is -2.28. The monoisotopic (exact) mass is 424 g/mol. The Bertz CT molecular complexity index is 1240. The molecule has 3 aromatic rings. The molecule has 0 spiro atoms. The molecule has 0 aliphatic carbocycles. The molecule has 1 aliphatic rings. The number of nitro groups is 1. The number of fused-ring (bicyclic) bond motifs is 1. The minimum Gasteiger partial charge on any atom is -0.464 e. The van der Waals surface area contributed by atoms with Crippen LogP contribution in [0.5, 0.6) is 0 Å². The van der Waals surface area contributed by atoms with Gasteiger partial charge >= 0.3 is 5.97 Å². The van der Waals surface area contributed by atoms with E-state index in [2.05, 4.69) is 20.8 Å². The van der Waals surface area contributed by atoms with Gasteiger partial charge in [-0.1, -0.05) is 29.4 Å². The molecule has 31 heavy (non-hydrogen) atoms. The predicted molar refractivity (Wildman–Crippen MR) is 102 cm³/mol. The van der Waals surface area contributed by atoms with Gasteiger partial charge in [-0.3, -0.25) is 14.9 Å². The number of nitro benzene ring substituents is 1. The fraction of sp³-hybridized carbons (Fsp3) is 0.105. The summed E-state index contributed by atoms with van der Waals surface area (Å²) in [5.74, 6) is -1.99. The Morgan fingerprint density at radius 3 is 2.65 bits per heavy atom. The zero-order valence-corrected chi connectivity index (χ0v) is 15.9. The zero-order valence-electron chi connectivity index (χ0n) is 15.9. The number of hydrogen-bond donors (Lipinski definition) is 1. The van der Waals surface area contributed by atoms with Gasteiger partial charge in [-0.25, -0.2) is 9.18 Å². The molecule has 0 amide bonds. The second-order valence-electron chi connectivity index (χ2n) is 6.44. The Morgan fingerprint density at radius 2 is 1.97 bits per heavy atom. The van der Waals surface area contributed by atoms with Crippen LogP contribution < -0.4 is 5.32 Å². The number of tetrazole rings is 1. The highest BCUT2D eigenvalue weighted by Crippen LogP contribution is 2.37. The van der Waals surface area contributed by atoms with E-state index in [1.54, 1.807) is 0 Å². The summed E-state index contributed by atoms with van der Waals surface area (Å²) < 4.78 is 19.6. The highest BCUT2D eigenvalue weighted by molar-refractivity contribution is 6.15. The molecule has 11 nitrogen and oxygen atoms in total. The Kier molecular flexibility index (Phi) is 4.95. The lowest BCUT2D eigenvalue weighted by atomic mass is 9.89. The molecular weight excluding hydrogens is 411 g/mol. The van der Waals surface area contributed by atoms with Gasteiger partial charge in [0.05, 0.1) is 17.6 Å². The molecule has 1 aromatic heterocycles. The number of non-ortho nitro benzene ring substituents is 1. The number of methoxy groups -OCH3 is 1. The molecule has 156 valence electrons. The fourth-order valence-corrected chi connectivity index (χ4v) is 3.26. The van der Waals surface area contributed by atoms with E-state index in [0.29, 0.717) is 5.56 Å². The molecule has 0 saturated carbocycles. The molecule has 4 rings (SSSR count). The number of nitrogens with one attached hydrogen (secondary N) is 1. The van der Waals surface area contributed by atoms with E-state index >= 15 is 0 Å². The topological polar surface area (TPSA) is 142 Å². The maximum atomic E-state index is 13.5. The number of esters is 1. The molecule has 0 radical (unpaired) electrons. The number of nitrogens with zero attached hydrogens (tertiary/aromatic N) is 5. The van der Waals surface area contributed by atoms with Crippen LogP contribution in [0.3, 0.4) is 0 Å². The van der Waals surface area contributed by atoms with Crippen molar-refractivity contribution in [3.8, 4) is 0 Å². The van der Waals surface area contributed by atoms with Gasteiger partial charge in [0.15, 0.2) is 5.78 Å². The zero-order chi connectivity index (χ0) is 22.1. The quantitative estimate of drug-likeness (QED) is 0.282. The van der Waals surface area contributed by atoms with Gasteiger partial charge in [0.25, 0.3) is 5.69 Å². The Labute approximate surface area is 173 Å². The molecule has 12 heteroatoms.